The number of carbonyl (C=O) groups is 3. The van der Waals surface area contributed by atoms with Crippen LogP contribution in [-0.4, -0.2) is 46.5 Å². The number of anilines is 3. The van der Waals surface area contributed by atoms with E-state index < -0.39 is 23.6 Å². The van der Waals surface area contributed by atoms with Crippen LogP contribution in [0.2, 0.25) is 0 Å². The van der Waals surface area contributed by atoms with Crippen LogP contribution >= 0.6 is 11.3 Å². The molecule has 0 fully saturated rings. The number of urea groups is 1. The maximum atomic E-state index is 14.7. The van der Waals surface area contributed by atoms with Gasteiger partial charge in [0.15, 0.2) is 5.13 Å². The van der Waals surface area contributed by atoms with Crippen LogP contribution in [0.25, 0.3) is 22.2 Å². The summed E-state index contributed by atoms with van der Waals surface area (Å²) in [6, 6.07) is 7.22. The summed E-state index contributed by atoms with van der Waals surface area (Å²) in [5.74, 6) is -2.73. The van der Waals surface area contributed by atoms with Crippen LogP contribution in [-0.2, 0) is 4.79 Å². The first-order valence-electron chi connectivity index (χ1n) is 11.2. The molecule has 202 valence electrons. The zero-order valence-electron chi connectivity index (χ0n) is 20.5. The monoisotopic (exact) mass is 557 g/mol. The van der Waals surface area contributed by atoms with Gasteiger partial charge in [-0.1, -0.05) is 22.6 Å². The molecular formula is C24H21F2N7O5S. The topological polar surface area (TPSA) is 174 Å². The van der Waals surface area contributed by atoms with Gasteiger partial charge in [-0.05, 0) is 31.2 Å². The molecule has 4 aromatic rings. The Morgan fingerprint density at radius 2 is 1.90 bits per heavy atom. The fraction of sp³-hybridized carbons (Fsp3) is 0.167. The Morgan fingerprint density at radius 3 is 2.64 bits per heavy atom. The number of hydrogen-bond donors (Lipinski definition) is 4. The number of nitrogens with zero attached hydrogens (tertiary/aromatic N) is 3. The summed E-state index contributed by atoms with van der Waals surface area (Å²) in [7, 11) is 1.44. The van der Waals surface area contributed by atoms with Crippen LogP contribution in [0.15, 0.2) is 40.9 Å². The lowest BCUT2D eigenvalue weighted by atomic mass is 10.1. The number of Topliss-reactive ketones (excluding diaryl/α,β-unsaturated/α-hetero) is 1. The fourth-order valence-electron chi connectivity index (χ4n) is 3.23. The van der Waals surface area contributed by atoms with E-state index in [-0.39, 0.29) is 63.1 Å². The highest BCUT2D eigenvalue weighted by atomic mass is 32.1. The van der Waals surface area contributed by atoms with Crippen molar-refractivity contribution in [2.45, 2.75) is 13.3 Å². The quantitative estimate of drug-likeness (QED) is 0.236. The third kappa shape index (κ3) is 6.51. The molecule has 0 bridgehead atoms. The number of ketones is 1. The van der Waals surface area contributed by atoms with Crippen molar-refractivity contribution in [2.24, 2.45) is 0 Å². The number of rotatable bonds is 9. The predicted octanol–water partition coefficient (Wildman–Crippen LogP) is 4.08. The molecule has 0 saturated carbocycles. The molecular weight excluding hydrogens is 536 g/mol. The molecule has 0 aliphatic carbocycles. The number of hydrogen-bond acceptors (Lipinski definition) is 10. The molecule has 12 nitrogen and oxygen atoms in total. The lowest BCUT2D eigenvalue weighted by molar-refractivity contribution is -0.116. The highest BCUT2D eigenvalue weighted by Gasteiger charge is 2.22. The van der Waals surface area contributed by atoms with Crippen LogP contribution in [0.1, 0.15) is 23.7 Å². The van der Waals surface area contributed by atoms with Gasteiger partial charge in [-0.25, -0.2) is 18.6 Å². The molecule has 0 aliphatic heterocycles. The molecule has 0 unspecified atom stereocenters. The molecule has 3 amide bonds. The Labute approximate surface area is 223 Å². The van der Waals surface area contributed by atoms with E-state index in [0.717, 1.165) is 17.4 Å². The average molecular weight is 558 g/mol. The van der Waals surface area contributed by atoms with Crippen molar-refractivity contribution in [3.63, 3.8) is 0 Å². The molecule has 0 saturated heterocycles. The number of aromatic nitrogens is 3. The van der Waals surface area contributed by atoms with E-state index in [1.807, 2.05) is 0 Å². The Hall–Kier alpha value is -4.92. The first-order valence-corrected chi connectivity index (χ1v) is 12.1. The third-order valence-corrected chi connectivity index (χ3v) is 6.11. The van der Waals surface area contributed by atoms with Gasteiger partial charge in [0.05, 0.1) is 18.4 Å². The smallest absolute Gasteiger partial charge is 0.321 e. The predicted molar refractivity (Wildman–Crippen MR) is 138 cm³/mol. The van der Waals surface area contributed by atoms with Gasteiger partial charge < -0.3 is 25.6 Å². The van der Waals surface area contributed by atoms with Crippen molar-refractivity contribution in [2.75, 3.05) is 30.0 Å². The van der Waals surface area contributed by atoms with Crippen LogP contribution in [0.3, 0.4) is 0 Å². The number of thiazole rings is 1. The maximum Gasteiger partial charge on any atom is 0.321 e. The number of nitrogen functional groups attached to an aromatic ring is 1. The minimum Gasteiger partial charge on any atom is -0.497 e. The second-order valence-corrected chi connectivity index (χ2v) is 8.99. The van der Waals surface area contributed by atoms with Gasteiger partial charge in [-0.15, -0.1) is 0 Å². The molecule has 0 aliphatic rings. The average Bonchev–Trinajstić information content (AvgIpc) is 3.51. The maximum absolute atomic E-state index is 14.7. The molecule has 0 spiro atoms. The summed E-state index contributed by atoms with van der Waals surface area (Å²) in [6.07, 6.45) is 0.176. The second-order valence-electron chi connectivity index (χ2n) is 7.99. The summed E-state index contributed by atoms with van der Waals surface area (Å²) in [6.45, 7) is 1.55. The normalized spacial score (nSPS) is 10.7. The van der Waals surface area contributed by atoms with Crippen molar-refractivity contribution in [3.05, 3.63) is 53.6 Å². The number of nitrogens with one attached hydrogen (secondary N) is 3. The molecule has 39 heavy (non-hydrogen) atoms. The lowest BCUT2D eigenvalue weighted by Crippen LogP contribution is -2.30. The van der Waals surface area contributed by atoms with E-state index in [2.05, 4.69) is 31.1 Å². The molecule has 2 aromatic heterocycles. The Balaban J connectivity index is 1.53. The van der Waals surface area contributed by atoms with Crippen LogP contribution in [0.5, 0.6) is 5.75 Å². The largest absolute Gasteiger partial charge is 0.497 e. The Morgan fingerprint density at radius 1 is 1.10 bits per heavy atom. The second kappa shape index (κ2) is 11.6. The van der Waals surface area contributed by atoms with E-state index in [4.69, 9.17) is 15.0 Å². The highest BCUT2D eigenvalue weighted by molar-refractivity contribution is 7.19. The number of methoxy groups -OCH3 is 1. The minimum absolute atomic E-state index is 0.0416. The van der Waals surface area contributed by atoms with E-state index in [1.165, 1.54) is 26.2 Å². The summed E-state index contributed by atoms with van der Waals surface area (Å²) in [5.41, 5.74) is 5.54. The van der Waals surface area contributed by atoms with Gasteiger partial charge in [-0.3, -0.25) is 14.9 Å². The Bertz CT molecular complexity index is 1560. The fourth-order valence-corrected chi connectivity index (χ4v) is 4.03. The number of halogens is 2. The van der Waals surface area contributed by atoms with Gasteiger partial charge in [0.2, 0.25) is 5.82 Å². The van der Waals surface area contributed by atoms with Crippen molar-refractivity contribution in [1.29, 1.82) is 0 Å². The zero-order chi connectivity index (χ0) is 28.1. The van der Waals surface area contributed by atoms with Crippen molar-refractivity contribution in [1.82, 2.24) is 20.4 Å². The van der Waals surface area contributed by atoms with Crippen molar-refractivity contribution >= 4 is 45.7 Å². The number of carbonyl (C=O) groups excluding carboxylic acids is 3. The first kappa shape index (κ1) is 27.1. The minimum atomic E-state index is -1.01. The van der Waals surface area contributed by atoms with E-state index in [0.29, 0.717) is 11.8 Å². The van der Waals surface area contributed by atoms with E-state index >= 15 is 0 Å². The molecule has 15 heteroatoms. The number of amides is 3. The molecule has 0 atom stereocenters. The number of ether oxygens (including phenoxy) is 1. The molecule has 0 radical (unpaired) electrons. The number of nitrogens with two attached hydrogens (primary N) is 1. The summed E-state index contributed by atoms with van der Waals surface area (Å²) >= 11 is 0.916. The van der Waals surface area contributed by atoms with Gasteiger partial charge >= 0.3 is 6.03 Å². The molecule has 2 aromatic carbocycles. The van der Waals surface area contributed by atoms with Crippen LogP contribution < -0.4 is 26.4 Å². The van der Waals surface area contributed by atoms with Crippen molar-refractivity contribution < 1.29 is 32.4 Å². The van der Waals surface area contributed by atoms with Crippen LogP contribution in [0.4, 0.5) is 30.2 Å². The van der Waals surface area contributed by atoms with Gasteiger partial charge in [-0.2, -0.15) is 4.98 Å². The molecule has 2 heterocycles. The van der Waals surface area contributed by atoms with E-state index in [9.17, 15) is 23.2 Å². The van der Waals surface area contributed by atoms with Crippen LogP contribution in [0, 0.1) is 11.6 Å². The highest BCUT2D eigenvalue weighted by Crippen LogP contribution is 2.35. The standard InChI is InChI=1S/C24H21F2N7O5S/c1-11(34)6-7-28-23(36)32-24-30-19(27)18(39-24)22-31-20(33-38-22)14-9-17(16(26)10-15(14)25)29-21(35)12-4-3-5-13(8-12)37-2/h3-5,8-10H,6-7,27H2,1-2H3,(H,29,35)(H2,28,30,32,36). The summed E-state index contributed by atoms with van der Waals surface area (Å²) in [4.78, 5) is 43.9. The molecule has 5 N–H and O–H groups in total. The summed E-state index contributed by atoms with van der Waals surface area (Å²) in [5, 5.41) is 11.2. The molecule has 4 rings (SSSR count). The SMILES string of the molecule is COc1cccc(C(=O)Nc2cc(-c3noc(-c4sc(NC(=O)NCCC(C)=O)nc4N)n3)c(F)cc2F)c1. The van der Waals surface area contributed by atoms with Gasteiger partial charge in [0.25, 0.3) is 11.8 Å². The first-order chi connectivity index (χ1) is 18.6. The third-order valence-electron chi connectivity index (χ3n) is 5.13. The zero-order valence-corrected chi connectivity index (χ0v) is 21.3. The lowest BCUT2D eigenvalue weighted by Gasteiger charge is -2.09. The number of benzene rings is 2. The van der Waals surface area contributed by atoms with Gasteiger partial charge in [0, 0.05) is 24.6 Å². The Kier molecular flexibility index (Phi) is 8.10. The summed E-state index contributed by atoms with van der Waals surface area (Å²) < 4.78 is 39.4. The van der Waals surface area contributed by atoms with Crippen molar-refractivity contribution in [3.8, 4) is 27.9 Å². The van der Waals surface area contributed by atoms with Gasteiger partial charge in [0.1, 0.15) is 33.9 Å². The van der Waals surface area contributed by atoms with E-state index in [1.54, 1.807) is 12.1 Å².